The fraction of sp³-hybridized carbons (Fsp3) is 0.913. The summed E-state index contributed by atoms with van der Waals surface area (Å²) in [5.74, 6) is 4.68. The molecule has 0 aromatic rings. The molecule has 2 fully saturated rings. The molecule has 0 unspecified atom stereocenters. The van der Waals surface area contributed by atoms with E-state index >= 15 is 0 Å². The van der Waals surface area contributed by atoms with Crippen LogP contribution in [-0.2, 0) is 0 Å². The number of hydrogen-bond acceptors (Lipinski definition) is 0. The summed E-state index contributed by atoms with van der Waals surface area (Å²) < 4.78 is 0. The third-order valence-corrected chi connectivity index (χ3v) is 9.65. The van der Waals surface area contributed by atoms with Crippen molar-refractivity contribution in [2.45, 2.75) is 104 Å². The van der Waals surface area contributed by atoms with Crippen LogP contribution in [-0.4, -0.2) is 12.3 Å². The summed E-state index contributed by atoms with van der Waals surface area (Å²) in [5, 5.41) is 0. The number of hydrogen-bond donors (Lipinski definition) is 0. The molecule has 0 saturated heterocycles. The average molecular weight is 351 g/mol. The minimum absolute atomic E-state index is 0.171. The Balaban J connectivity index is 2.03. The van der Waals surface area contributed by atoms with E-state index in [0.29, 0.717) is 5.41 Å². The maximum Gasteiger partial charge on any atom is -0.0235 e. The van der Waals surface area contributed by atoms with Crippen molar-refractivity contribution in [3.8, 4) is 0 Å². The van der Waals surface area contributed by atoms with Gasteiger partial charge < -0.3 is 0 Å². The molecule has 0 spiro atoms. The zero-order valence-corrected chi connectivity index (χ0v) is 17.8. The lowest BCUT2D eigenvalue weighted by atomic mass is 9.58. The summed E-state index contributed by atoms with van der Waals surface area (Å²) in [7, 11) is 0.171. The van der Waals surface area contributed by atoms with Gasteiger partial charge in [-0.15, -0.1) is 0 Å². The standard InChI is InChI=1S/C23H43P/c1-4-18-24(19-5-2)20-12-17-23(3,21-13-8-6-9-14-21)22-15-10-7-11-16-22/h12,20-22H,4-11,13-19H2,1-3H3. The molecule has 140 valence electrons. The van der Waals surface area contributed by atoms with E-state index in [-0.39, 0.29) is 7.92 Å². The molecule has 2 aliphatic rings. The molecule has 0 radical (unpaired) electrons. The van der Waals surface area contributed by atoms with Crippen molar-refractivity contribution in [2.75, 3.05) is 12.3 Å². The van der Waals surface area contributed by atoms with E-state index in [4.69, 9.17) is 0 Å². The molecule has 0 amide bonds. The van der Waals surface area contributed by atoms with Crippen LogP contribution < -0.4 is 0 Å². The number of rotatable bonds is 9. The van der Waals surface area contributed by atoms with Crippen LogP contribution in [0.2, 0.25) is 0 Å². The Morgan fingerprint density at radius 2 is 1.25 bits per heavy atom. The van der Waals surface area contributed by atoms with Crippen LogP contribution in [0.25, 0.3) is 0 Å². The van der Waals surface area contributed by atoms with Gasteiger partial charge in [-0.2, -0.15) is 0 Å². The van der Waals surface area contributed by atoms with Gasteiger partial charge in [0.2, 0.25) is 0 Å². The summed E-state index contributed by atoms with van der Waals surface area (Å²) in [6, 6.07) is 0. The molecule has 0 aromatic heterocycles. The molecule has 0 nitrogen and oxygen atoms in total. The van der Waals surface area contributed by atoms with Crippen LogP contribution in [0.5, 0.6) is 0 Å². The van der Waals surface area contributed by atoms with Gasteiger partial charge >= 0.3 is 0 Å². The van der Waals surface area contributed by atoms with Crippen LogP contribution in [0.15, 0.2) is 11.9 Å². The van der Waals surface area contributed by atoms with Crippen molar-refractivity contribution in [1.29, 1.82) is 0 Å². The molecule has 0 aromatic carbocycles. The average Bonchev–Trinajstić information content (AvgIpc) is 2.63. The number of allylic oxidation sites excluding steroid dienone is 1. The highest BCUT2D eigenvalue weighted by atomic mass is 31.1. The van der Waals surface area contributed by atoms with Gasteiger partial charge in [-0.3, -0.25) is 0 Å². The Morgan fingerprint density at radius 3 is 1.67 bits per heavy atom. The predicted molar refractivity (Wildman–Crippen MR) is 112 cm³/mol. The maximum absolute atomic E-state index is 2.69. The molecule has 0 heterocycles. The molecule has 0 bridgehead atoms. The van der Waals surface area contributed by atoms with E-state index in [1.54, 1.807) is 0 Å². The molecule has 0 N–H and O–H groups in total. The summed E-state index contributed by atoms with van der Waals surface area (Å²) >= 11 is 0. The second-order valence-corrected chi connectivity index (χ2v) is 11.2. The molecule has 1 heteroatoms. The quantitative estimate of drug-likeness (QED) is 0.366. The third kappa shape index (κ3) is 5.86. The summed E-state index contributed by atoms with van der Waals surface area (Å²) in [6.45, 7) is 7.39. The van der Waals surface area contributed by atoms with Crippen molar-refractivity contribution in [2.24, 2.45) is 17.3 Å². The molecule has 2 saturated carbocycles. The van der Waals surface area contributed by atoms with Crippen LogP contribution in [0.3, 0.4) is 0 Å². The largest absolute Gasteiger partial charge is 0.0836 e. The Morgan fingerprint density at radius 1 is 0.792 bits per heavy atom. The molecule has 24 heavy (non-hydrogen) atoms. The van der Waals surface area contributed by atoms with Gasteiger partial charge in [-0.1, -0.05) is 92.0 Å². The Labute approximate surface area is 154 Å². The van der Waals surface area contributed by atoms with Crippen molar-refractivity contribution in [3.05, 3.63) is 11.9 Å². The topological polar surface area (TPSA) is 0 Å². The molecule has 2 rings (SSSR count). The summed E-state index contributed by atoms with van der Waals surface area (Å²) in [5.41, 5.74) is 0.594. The van der Waals surface area contributed by atoms with Gasteiger partial charge in [0.1, 0.15) is 0 Å². The van der Waals surface area contributed by atoms with Gasteiger partial charge in [0.15, 0.2) is 0 Å². The van der Waals surface area contributed by atoms with E-state index in [2.05, 4.69) is 32.7 Å². The Kier molecular flexibility index (Phi) is 9.39. The minimum Gasteiger partial charge on any atom is -0.0836 e. The lowest BCUT2D eigenvalue weighted by Crippen LogP contribution is -2.37. The van der Waals surface area contributed by atoms with Crippen LogP contribution >= 0.6 is 7.92 Å². The molecule has 2 aliphatic carbocycles. The smallest absolute Gasteiger partial charge is 0.0235 e. The van der Waals surface area contributed by atoms with E-state index in [1.807, 2.05) is 0 Å². The lowest BCUT2D eigenvalue weighted by molar-refractivity contribution is 0.0428. The van der Waals surface area contributed by atoms with Gasteiger partial charge in [0.25, 0.3) is 0 Å². The van der Waals surface area contributed by atoms with E-state index < -0.39 is 0 Å². The van der Waals surface area contributed by atoms with Crippen molar-refractivity contribution in [1.82, 2.24) is 0 Å². The second-order valence-electron chi connectivity index (χ2n) is 8.80. The van der Waals surface area contributed by atoms with Crippen molar-refractivity contribution >= 4 is 7.92 Å². The highest BCUT2D eigenvalue weighted by Crippen LogP contribution is 2.51. The fourth-order valence-corrected chi connectivity index (χ4v) is 7.56. The van der Waals surface area contributed by atoms with Crippen LogP contribution in [0, 0.1) is 17.3 Å². The first kappa shape index (κ1) is 20.5. The van der Waals surface area contributed by atoms with E-state index in [1.165, 1.54) is 95.8 Å². The van der Waals surface area contributed by atoms with E-state index in [9.17, 15) is 0 Å². The Bertz CT molecular complexity index is 323. The highest BCUT2D eigenvalue weighted by molar-refractivity contribution is 7.60. The third-order valence-electron chi connectivity index (χ3n) is 6.97. The summed E-state index contributed by atoms with van der Waals surface area (Å²) in [6.07, 6.45) is 24.7. The SMILES string of the molecule is CCCP(C=CCC(C)(C1CCCCC1)C1CCCCC1)CCC. The van der Waals surface area contributed by atoms with Gasteiger partial charge in [0.05, 0.1) is 0 Å². The zero-order chi connectivity index (χ0) is 17.3. The minimum atomic E-state index is 0.171. The summed E-state index contributed by atoms with van der Waals surface area (Å²) in [4.78, 5) is 0. The predicted octanol–water partition coefficient (Wildman–Crippen LogP) is 8.36. The van der Waals surface area contributed by atoms with Crippen LogP contribution in [0.1, 0.15) is 104 Å². The molecule has 0 atom stereocenters. The van der Waals surface area contributed by atoms with Gasteiger partial charge in [-0.05, 0) is 61.7 Å². The lowest BCUT2D eigenvalue weighted by Gasteiger charge is -2.47. The Hall–Kier alpha value is 0.170. The van der Waals surface area contributed by atoms with Crippen molar-refractivity contribution in [3.63, 3.8) is 0 Å². The highest BCUT2D eigenvalue weighted by Gasteiger charge is 2.40. The second kappa shape index (κ2) is 11.0. The molecular formula is C23H43P. The zero-order valence-electron chi connectivity index (χ0n) is 16.9. The normalized spacial score (nSPS) is 21.8. The van der Waals surface area contributed by atoms with Gasteiger partial charge in [-0.25, -0.2) is 0 Å². The first-order valence-electron chi connectivity index (χ1n) is 11.1. The molecular weight excluding hydrogens is 307 g/mol. The monoisotopic (exact) mass is 350 g/mol. The van der Waals surface area contributed by atoms with E-state index in [0.717, 1.165) is 11.8 Å². The van der Waals surface area contributed by atoms with Gasteiger partial charge in [0, 0.05) is 0 Å². The maximum atomic E-state index is 2.69. The fourth-order valence-electron chi connectivity index (χ4n) is 5.48. The first-order chi connectivity index (χ1) is 11.7. The first-order valence-corrected chi connectivity index (χ1v) is 12.9. The molecule has 0 aliphatic heterocycles. The van der Waals surface area contributed by atoms with Crippen molar-refractivity contribution < 1.29 is 0 Å². The van der Waals surface area contributed by atoms with Crippen LogP contribution in [0.4, 0.5) is 0 Å².